The Bertz CT molecular complexity index is 1160. The Hall–Kier alpha value is -4.13. The molecule has 0 radical (unpaired) electrons. The largest absolute Gasteiger partial charge is 0.481 e. The second-order valence-electron chi connectivity index (χ2n) is 11.1. The lowest BCUT2D eigenvalue weighted by atomic mass is 9.87. The SMILES string of the molecule is CC#CCOc1ccc(C[C@H](NC(=O)C(/C=C/CCCCCCC(=O)CCCCCCC)C(CC(=O)O)C(=O)O)C(=O)O)cc1. The Labute approximate surface area is 266 Å². The van der Waals surface area contributed by atoms with E-state index < -0.39 is 48.1 Å². The highest BCUT2D eigenvalue weighted by molar-refractivity contribution is 5.91. The molecule has 3 atom stereocenters. The summed E-state index contributed by atoms with van der Waals surface area (Å²) in [5.41, 5.74) is 0.595. The molecule has 0 aliphatic rings. The van der Waals surface area contributed by atoms with Gasteiger partial charge in [0.2, 0.25) is 5.91 Å². The second-order valence-corrected chi connectivity index (χ2v) is 11.1. The number of ketones is 1. The third-order valence-corrected chi connectivity index (χ3v) is 7.39. The average molecular weight is 628 g/mol. The van der Waals surface area contributed by atoms with Crippen molar-refractivity contribution in [2.24, 2.45) is 11.8 Å². The lowest BCUT2D eigenvalue weighted by Crippen LogP contribution is -2.47. The highest BCUT2D eigenvalue weighted by Gasteiger charge is 2.35. The number of carbonyl (C=O) groups excluding carboxylic acids is 2. The van der Waals surface area contributed by atoms with Crippen LogP contribution < -0.4 is 10.1 Å². The van der Waals surface area contributed by atoms with E-state index in [2.05, 4.69) is 24.1 Å². The first-order chi connectivity index (χ1) is 21.6. The minimum atomic E-state index is -1.58. The number of allylic oxidation sites excluding steroid dienone is 1. The molecule has 1 rings (SSSR count). The van der Waals surface area contributed by atoms with Crippen LogP contribution in [0.25, 0.3) is 0 Å². The summed E-state index contributed by atoms with van der Waals surface area (Å²) in [5, 5.41) is 31.2. The van der Waals surface area contributed by atoms with Crippen molar-refractivity contribution in [2.75, 3.05) is 6.61 Å². The van der Waals surface area contributed by atoms with Crippen molar-refractivity contribution in [1.29, 1.82) is 0 Å². The summed E-state index contributed by atoms with van der Waals surface area (Å²) in [6.07, 6.45) is 12.7. The van der Waals surface area contributed by atoms with Crippen LogP contribution in [0.4, 0.5) is 0 Å². The molecule has 4 N–H and O–H groups in total. The van der Waals surface area contributed by atoms with Crippen LogP contribution in [0.5, 0.6) is 5.75 Å². The van der Waals surface area contributed by atoms with Gasteiger partial charge in [0.15, 0.2) is 0 Å². The summed E-state index contributed by atoms with van der Waals surface area (Å²) >= 11 is 0. The molecule has 1 aromatic carbocycles. The number of carboxylic acids is 3. The fraction of sp³-hybridized carbons (Fsp3) is 0.571. The minimum Gasteiger partial charge on any atom is -0.481 e. The van der Waals surface area contributed by atoms with Crippen molar-refractivity contribution >= 4 is 29.6 Å². The van der Waals surface area contributed by atoms with Gasteiger partial charge >= 0.3 is 17.9 Å². The van der Waals surface area contributed by atoms with E-state index in [1.807, 2.05) is 0 Å². The van der Waals surface area contributed by atoms with Crippen LogP contribution in [-0.4, -0.2) is 57.6 Å². The van der Waals surface area contributed by atoms with E-state index in [-0.39, 0.29) is 13.0 Å². The maximum Gasteiger partial charge on any atom is 0.326 e. The third kappa shape index (κ3) is 17.7. The zero-order valence-electron chi connectivity index (χ0n) is 26.6. The number of Topliss-reactive ketones (excluding diaryl/α,β-unsaturated/α-hetero) is 1. The molecule has 0 bridgehead atoms. The van der Waals surface area contributed by atoms with Crippen molar-refractivity contribution < 1.29 is 44.0 Å². The summed E-state index contributed by atoms with van der Waals surface area (Å²) in [4.78, 5) is 60.6. The van der Waals surface area contributed by atoms with Crippen LogP contribution in [0.2, 0.25) is 0 Å². The van der Waals surface area contributed by atoms with Crippen molar-refractivity contribution in [2.45, 2.75) is 110 Å². The molecular weight excluding hydrogens is 578 g/mol. The topological polar surface area (TPSA) is 167 Å². The molecule has 10 nitrogen and oxygen atoms in total. The lowest BCUT2D eigenvalue weighted by Gasteiger charge is -2.22. The van der Waals surface area contributed by atoms with E-state index in [4.69, 9.17) is 4.74 Å². The molecule has 0 saturated heterocycles. The number of ether oxygens (including phenoxy) is 1. The molecule has 2 unspecified atom stereocenters. The van der Waals surface area contributed by atoms with E-state index >= 15 is 0 Å². The summed E-state index contributed by atoms with van der Waals surface area (Å²) in [6.45, 7) is 4.06. The van der Waals surface area contributed by atoms with Gasteiger partial charge in [-0.05, 0) is 50.3 Å². The van der Waals surface area contributed by atoms with Crippen molar-refractivity contribution in [3.05, 3.63) is 42.0 Å². The highest BCUT2D eigenvalue weighted by Crippen LogP contribution is 2.21. The number of nitrogens with one attached hydrogen (secondary N) is 1. The summed E-state index contributed by atoms with van der Waals surface area (Å²) < 4.78 is 5.45. The van der Waals surface area contributed by atoms with E-state index in [9.17, 15) is 39.3 Å². The van der Waals surface area contributed by atoms with Crippen LogP contribution in [-0.2, 0) is 30.4 Å². The van der Waals surface area contributed by atoms with Gasteiger partial charge in [-0.15, -0.1) is 5.92 Å². The van der Waals surface area contributed by atoms with Crippen LogP contribution in [0.1, 0.15) is 103 Å². The van der Waals surface area contributed by atoms with E-state index in [1.54, 1.807) is 37.3 Å². The Morgan fingerprint density at radius 1 is 0.867 bits per heavy atom. The highest BCUT2D eigenvalue weighted by atomic mass is 16.5. The number of aliphatic carboxylic acids is 3. The Kier molecular flexibility index (Phi) is 20.1. The van der Waals surface area contributed by atoms with Crippen LogP contribution in [0.15, 0.2) is 36.4 Å². The molecular formula is C35H49NO9. The fourth-order valence-corrected chi connectivity index (χ4v) is 4.81. The maximum atomic E-state index is 13.2. The number of hydrogen-bond acceptors (Lipinski definition) is 6. The molecule has 0 fully saturated rings. The molecule has 0 aliphatic heterocycles. The molecule has 0 aromatic heterocycles. The van der Waals surface area contributed by atoms with Gasteiger partial charge in [0.25, 0.3) is 0 Å². The molecule has 0 aliphatic carbocycles. The summed E-state index contributed by atoms with van der Waals surface area (Å²) in [5.74, 6) is -1.68. The second kappa shape index (κ2) is 23.3. The number of rotatable bonds is 25. The summed E-state index contributed by atoms with van der Waals surface area (Å²) in [7, 11) is 0. The van der Waals surface area contributed by atoms with E-state index in [0.717, 1.165) is 38.5 Å². The number of amides is 1. The van der Waals surface area contributed by atoms with Gasteiger partial charge in [0.1, 0.15) is 24.2 Å². The molecule has 1 amide bonds. The fourth-order valence-electron chi connectivity index (χ4n) is 4.81. The van der Waals surface area contributed by atoms with Gasteiger partial charge in [-0.1, -0.05) is 75.7 Å². The number of carboxylic acid groups (broad SMARTS) is 3. The number of carbonyl (C=O) groups is 5. The van der Waals surface area contributed by atoms with Crippen molar-refractivity contribution in [3.63, 3.8) is 0 Å². The molecule has 0 saturated carbocycles. The van der Waals surface area contributed by atoms with Crippen molar-refractivity contribution in [1.82, 2.24) is 5.32 Å². The Balaban J connectivity index is 2.74. The zero-order valence-corrected chi connectivity index (χ0v) is 26.6. The maximum absolute atomic E-state index is 13.2. The van der Waals surface area contributed by atoms with Gasteiger partial charge in [-0.25, -0.2) is 4.79 Å². The normalized spacial score (nSPS) is 12.8. The van der Waals surface area contributed by atoms with Gasteiger partial charge in [-0.2, -0.15) is 0 Å². The van der Waals surface area contributed by atoms with Crippen LogP contribution in [0.3, 0.4) is 0 Å². The smallest absolute Gasteiger partial charge is 0.326 e. The Morgan fingerprint density at radius 3 is 2.04 bits per heavy atom. The van der Waals surface area contributed by atoms with Gasteiger partial charge in [0.05, 0.1) is 18.3 Å². The molecule has 248 valence electrons. The third-order valence-electron chi connectivity index (χ3n) is 7.39. The van der Waals surface area contributed by atoms with Gasteiger partial charge in [-0.3, -0.25) is 19.2 Å². The molecule has 0 spiro atoms. The number of hydrogen-bond donors (Lipinski definition) is 4. The molecule has 1 aromatic rings. The number of unbranched alkanes of at least 4 members (excludes halogenated alkanes) is 8. The van der Waals surface area contributed by atoms with E-state index in [1.165, 1.54) is 25.3 Å². The standard InChI is InChI=1S/C35H49NO9/c1-3-5-7-10-13-16-27(37)17-14-11-8-9-12-15-18-29(30(34(41)42)25-32(38)39)33(40)36-31(35(43)44)24-26-19-21-28(22-20-26)45-23-6-4-2/h15,18-22,29-31H,3,5,7-14,16-17,23-25H2,1-2H3,(H,36,40)(H,38,39)(H,41,42)(H,43,44)/b18-15+/t29?,30?,31-/m0/s1. The lowest BCUT2D eigenvalue weighted by molar-refractivity contribution is -0.152. The van der Waals surface area contributed by atoms with Gasteiger partial charge in [0, 0.05) is 19.3 Å². The molecule has 0 heterocycles. The first kappa shape index (κ1) is 38.9. The predicted octanol–water partition coefficient (Wildman–Crippen LogP) is 5.82. The molecule has 10 heteroatoms. The van der Waals surface area contributed by atoms with Crippen LogP contribution in [0, 0.1) is 23.7 Å². The van der Waals surface area contributed by atoms with Gasteiger partial charge < -0.3 is 25.4 Å². The Morgan fingerprint density at radius 2 is 1.49 bits per heavy atom. The van der Waals surface area contributed by atoms with Crippen molar-refractivity contribution in [3.8, 4) is 17.6 Å². The average Bonchev–Trinajstić information content (AvgIpc) is 2.99. The quantitative estimate of drug-likeness (QED) is 0.0593. The first-order valence-electron chi connectivity index (χ1n) is 15.9. The van der Waals surface area contributed by atoms with Crippen LogP contribution >= 0.6 is 0 Å². The summed E-state index contributed by atoms with van der Waals surface area (Å²) in [6, 6.07) is 5.25. The number of benzene rings is 1. The zero-order chi connectivity index (χ0) is 33.5. The van der Waals surface area contributed by atoms with E-state index in [0.29, 0.717) is 36.4 Å². The predicted molar refractivity (Wildman–Crippen MR) is 171 cm³/mol. The molecule has 45 heavy (non-hydrogen) atoms. The first-order valence-corrected chi connectivity index (χ1v) is 15.9. The monoisotopic (exact) mass is 627 g/mol. The minimum absolute atomic E-state index is 0.0788.